The lowest BCUT2D eigenvalue weighted by Gasteiger charge is -2.24. The van der Waals surface area contributed by atoms with Crippen LogP contribution in [0.3, 0.4) is 0 Å². The number of nitrogens with zero attached hydrogens (tertiary/aromatic N) is 3. The Morgan fingerprint density at radius 2 is 1.97 bits per heavy atom. The first-order chi connectivity index (χ1) is 15.1. The number of aliphatic hydroxyl groups excluding tert-OH is 1. The largest absolute Gasteiger partial charge is 0.490 e. The highest BCUT2D eigenvalue weighted by atomic mass is 16.5. The summed E-state index contributed by atoms with van der Waals surface area (Å²) in [5.74, 6) is 1.99. The second-order valence-corrected chi connectivity index (χ2v) is 8.38. The lowest BCUT2D eigenvalue weighted by molar-refractivity contribution is -0.129. The fourth-order valence-electron chi connectivity index (χ4n) is 4.86. The van der Waals surface area contributed by atoms with E-state index in [1.807, 2.05) is 50.2 Å². The maximum atomic E-state index is 12.4. The van der Waals surface area contributed by atoms with E-state index in [9.17, 15) is 9.90 Å². The van der Waals surface area contributed by atoms with Gasteiger partial charge in [-0.2, -0.15) is 4.98 Å². The third-order valence-electron chi connectivity index (χ3n) is 6.02. The molecular weight excluding hydrogens is 394 g/mol. The van der Waals surface area contributed by atoms with Gasteiger partial charge in [-0.1, -0.05) is 35.5 Å². The standard InChI is InChI=1S/C24H25N3O4/c1-14(2)30-20-9-4-3-6-18(20)24-25-23(26-31-24)17-8-5-7-16-19(17)12-15-13-21(29)27(10-11-28)22(15)16/h3-9,14-15,22,28H,10-13H2,1-2H3/t15-,22+/m0/s1. The quantitative estimate of drug-likeness (QED) is 0.656. The summed E-state index contributed by atoms with van der Waals surface area (Å²) < 4.78 is 11.5. The number of carbonyl (C=O) groups excluding carboxylic acids is 1. The number of fused-ring (bicyclic) bond motifs is 3. The maximum absolute atomic E-state index is 12.4. The van der Waals surface area contributed by atoms with Crippen molar-refractivity contribution >= 4 is 5.91 Å². The normalized spacial score (nSPS) is 19.7. The molecule has 31 heavy (non-hydrogen) atoms. The molecule has 0 unspecified atom stereocenters. The molecule has 2 aliphatic rings. The van der Waals surface area contributed by atoms with Gasteiger partial charge in [0.05, 0.1) is 24.3 Å². The molecule has 2 heterocycles. The van der Waals surface area contributed by atoms with Crippen LogP contribution in [0.4, 0.5) is 0 Å². The molecule has 2 atom stereocenters. The Bertz CT molecular complexity index is 1120. The average molecular weight is 419 g/mol. The number of likely N-dealkylation sites (tertiary alicyclic amines) is 1. The number of hydrogen-bond donors (Lipinski definition) is 1. The summed E-state index contributed by atoms with van der Waals surface area (Å²) in [4.78, 5) is 18.9. The van der Waals surface area contributed by atoms with Crippen molar-refractivity contribution in [3.8, 4) is 28.6 Å². The molecule has 1 saturated heterocycles. The van der Waals surface area contributed by atoms with E-state index >= 15 is 0 Å². The number of carbonyl (C=O) groups is 1. The molecule has 1 aliphatic heterocycles. The van der Waals surface area contributed by atoms with E-state index in [2.05, 4.69) is 16.2 Å². The van der Waals surface area contributed by atoms with E-state index in [-0.39, 0.29) is 30.6 Å². The van der Waals surface area contributed by atoms with E-state index in [1.165, 1.54) is 0 Å². The molecule has 1 N–H and O–H groups in total. The van der Waals surface area contributed by atoms with E-state index in [1.54, 1.807) is 4.90 Å². The minimum absolute atomic E-state index is 0.0149. The number of ether oxygens (including phenoxy) is 1. The predicted molar refractivity (Wildman–Crippen MR) is 114 cm³/mol. The summed E-state index contributed by atoms with van der Waals surface area (Å²) in [5, 5.41) is 13.7. The SMILES string of the molecule is CC(C)Oc1ccccc1-c1nc(-c2cccc3c2C[C@H]2CC(=O)N(CCO)[C@@H]32)no1. The summed E-state index contributed by atoms with van der Waals surface area (Å²) in [5.41, 5.74) is 3.98. The molecule has 5 rings (SSSR count). The van der Waals surface area contributed by atoms with E-state index in [4.69, 9.17) is 9.26 Å². The number of amides is 1. The highest BCUT2D eigenvalue weighted by Gasteiger charge is 2.46. The summed E-state index contributed by atoms with van der Waals surface area (Å²) in [6.07, 6.45) is 1.33. The van der Waals surface area contributed by atoms with Gasteiger partial charge in [-0.05, 0) is 49.4 Å². The van der Waals surface area contributed by atoms with Gasteiger partial charge >= 0.3 is 0 Å². The number of aliphatic hydroxyl groups is 1. The molecular formula is C24H25N3O4. The van der Waals surface area contributed by atoms with Gasteiger partial charge in [-0.3, -0.25) is 4.79 Å². The Balaban J connectivity index is 1.51. The Kier molecular flexibility index (Phi) is 4.98. The topological polar surface area (TPSA) is 88.7 Å². The molecule has 0 bridgehead atoms. The van der Waals surface area contributed by atoms with Gasteiger partial charge in [0.25, 0.3) is 5.89 Å². The monoisotopic (exact) mass is 419 g/mol. The summed E-state index contributed by atoms with van der Waals surface area (Å²) in [6.45, 7) is 4.29. The highest BCUT2D eigenvalue weighted by molar-refractivity contribution is 5.81. The van der Waals surface area contributed by atoms with Gasteiger partial charge < -0.3 is 19.3 Å². The van der Waals surface area contributed by atoms with E-state index in [0.29, 0.717) is 30.4 Å². The van der Waals surface area contributed by atoms with Gasteiger partial charge in [-0.15, -0.1) is 0 Å². The van der Waals surface area contributed by atoms with E-state index < -0.39 is 0 Å². The van der Waals surface area contributed by atoms with Crippen molar-refractivity contribution in [3.63, 3.8) is 0 Å². The second-order valence-electron chi connectivity index (χ2n) is 8.38. The molecule has 7 nitrogen and oxygen atoms in total. The smallest absolute Gasteiger partial charge is 0.262 e. The number of para-hydroxylation sites is 1. The zero-order chi connectivity index (χ0) is 21.5. The van der Waals surface area contributed by atoms with Gasteiger partial charge in [0.1, 0.15) is 5.75 Å². The van der Waals surface area contributed by atoms with Gasteiger partial charge in [-0.25, -0.2) is 0 Å². The molecule has 160 valence electrons. The van der Waals surface area contributed by atoms with Crippen LogP contribution in [-0.4, -0.2) is 45.3 Å². The average Bonchev–Trinajstić information content (AvgIpc) is 3.43. The maximum Gasteiger partial charge on any atom is 0.262 e. The third kappa shape index (κ3) is 3.39. The molecule has 1 aromatic heterocycles. The first-order valence-corrected chi connectivity index (χ1v) is 10.7. The van der Waals surface area contributed by atoms with Crippen LogP contribution in [-0.2, 0) is 11.2 Å². The fourth-order valence-corrected chi connectivity index (χ4v) is 4.86. The van der Waals surface area contributed by atoms with Crippen molar-refractivity contribution < 1.29 is 19.2 Å². The summed E-state index contributed by atoms with van der Waals surface area (Å²) in [7, 11) is 0. The third-order valence-corrected chi connectivity index (χ3v) is 6.02. The molecule has 1 aliphatic carbocycles. The fraction of sp³-hybridized carbons (Fsp3) is 0.375. The van der Waals surface area contributed by atoms with Crippen molar-refractivity contribution in [3.05, 3.63) is 53.6 Å². The first-order valence-electron chi connectivity index (χ1n) is 10.7. The molecule has 0 spiro atoms. The van der Waals surface area contributed by atoms with Crippen LogP contribution < -0.4 is 4.74 Å². The van der Waals surface area contributed by atoms with Crippen LogP contribution in [0.15, 0.2) is 47.0 Å². The minimum Gasteiger partial charge on any atom is -0.490 e. The van der Waals surface area contributed by atoms with Gasteiger partial charge in [0, 0.05) is 18.5 Å². The molecule has 0 radical (unpaired) electrons. The Morgan fingerprint density at radius 3 is 2.77 bits per heavy atom. The molecule has 2 aromatic carbocycles. The molecule has 1 fully saturated rings. The number of β-amino-alcohol motifs (C(OH)–C–C–N with tert-alkyl or cyclic N) is 1. The molecule has 3 aromatic rings. The zero-order valence-corrected chi connectivity index (χ0v) is 17.6. The van der Waals surface area contributed by atoms with Gasteiger partial charge in [0.15, 0.2) is 0 Å². The molecule has 1 amide bonds. The van der Waals surface area contributed by atoms with Crippen molar-refractivity contribution in [1.82, 2.24) is 15.0 Å². The number of hydrogen-bond acceptors (Lipinski definition) is 6. The molecule has 7 heteroatoms. The second kappa shape index (κ2) is 7.81. The Labute approximate surface area is 180 Å². The number of rotatable bonds is 6. The summed E-state index contributed by atoms with van der Waals surface area (Å²) in [6, 6.07) is 13.7. The van der Waals surface area contributed by atoms with Crippen LogP contribution in [0.2, 0.25) is 0 Å². The Hall–Kier alpha value is -3.19. The van der Waals surface area contributed by atoms with Crippen LogP contribution >= 0.6 is 0 Å². The lowest BCUT2D eigenvalue weighted by atomic mass is 10.0. The van der Waals surface area contributed by atoms with Crippen LogP contribution in [0, 0.1) is 5.92 Å². The van der Waals surface area contributed by atoms with Gasteiger partial charge in [0.2, 0.25) is 11.7 Å². The van der Waals surface area contributed by atoms with Crippen molar-refractivity contribution in [2.75, 3.05) is 13.2 Å². The van der Waals surface area contributed by atoms with Crippen molar-refractivity contribution in [2.24, 2.45) is 5.92 Å². The minimum atomic E-state index is -0.0317. The first kappa shape index (κ1) is 19.8. The van der Waals surface area contributed by atoms with Crippen molar-refractivity contribution in [1.29, 1.82) is 0 Å². The Morgan fingerprint density at radius 1 is 1.16 bits per heavy atom. The lowest BCUT2D eigenvalue weighted by Crippen LogP contribution is -2.30. The van der Waals surface area contributed by atoms with Crippen LogP contribution in [0.25, 0.3) is 22.8 Å². The number of aromatic nitrogens is 2. The zero-order valence-electron chi connectivity index (χ0n) is 17.6. The highest BCUT2D eigenvalue weighted by Crippen LogP contribution is 2.49. The summed E-state index contributed by atoms with van der Waals surface area (Å²) >= 11 is 0. The van der Waals surface area contributed by atoms with Crippen LogP contribution in [0.5, 0.6) is 5.75 Å². The van der Waals surface area contributed by atoms with Crippen molar-refractivity contribution in [2.45, 2.75) is 38.8 Å². The molecule has 0 saturated carbocycles. The predicted octanol–water partition coefficient (Wildman–Crippen LogP) is 3.63. The number of benzene rings is 2. The van der Waals surface area contributed by atoms with E-state index in [0.717, 1.165) is 28.7 Å². The van der Waals surface area contributed by atoms with Crippen LogP contribution in [0.1, 0.15) is 37.4 Å².